The standard InChI is InChI=1S/C13H12F2N2O3/c1-5(2)13(19)17-9-7-3-6(14)4-8(15)10(7)20-11(9)12(16)18/h3-5H,1-2H3,(H2,16,18)(H,17,19). The molecule has 0 radical (unpaired) electrons. The Labute approximate surface area is 112 Å². The third kappa shape index (κ3) is 2.34. The molecule has 0 unspecified atom stereocenters. The van der Waals surface area contributed by atoms with Crippen molar-refractivity contribution in [2.75, 3.05) is 5.32 Å². The predicted molar refractivity (Wildman–Crippen MR) is 68.1 cm³/mol. The smallest absolute Gasteiger partial charge is 0.286 e. The fraction of sp³-hybridized carbons (Fsp3) is 0.231. The summed E-state index contributed by atoms with van der Waals surface area (Å²) in [6.07, 6.45) is 0. The second-order valence-corrected chi connectivity index (χ2v) is 4.58. The SMILES string of the molecule is CC(C)C(=O)Nc1c(C(N)=O)oc2c(F)cc(F)cc12. The lowest BCUT2D eigenvalue weighted by Gasteiger charge is -2.07. The molecule has 106 valence electrons. The minimum Gasteiger partial charge on any atom is -0.446 e. The molecule has 7 heteroatoms. The van der Waals surface area contributed by atoms with Crippen molar-refractivity contribution in [3.63, 3.8) is 0 Å². The first kappa shape index (κ1) is 14.0. The van der Waals surface area contributed by atoms with Gasteiger partial charge in [-0.25, -0.2) is 8.78 Å². The van der Waals surface area contributed by atoms with E-state index in [4.69, 9.17) is 10.2 Å². The first-order chi connectivity index (χ1) is 9.31. The fourth-order valence-electron chi connectivity index (χ4n) is 1.69. The van der Waals surface area contributed by atoms with Gasteiger partial charge in [0.1, 0.15) is 11.5 Å². The number of nitrogens with one attached hydrogen (secondary N) is 1. The van der Waals surface area contributed by atoms with Gasteiger partial charge in [0.15, 0.2) is 11.4 Å². The number of fused-ring (bicyclic) bond motifs is 1. The van der Waals surface area contributed by atoms with Crippen molar-refractivity contribution in [1.29, 1.82) is 0 Å². The molecule has 0 spiro atoms. The van der Waals surface area contributed by atoms with Crippen LogP contribution < -0.4 is 11.1 Å². The van der Waals surface area contributed by atoms with Gasteiger partial charge in [0.25, 0.3) is 5.91 Å². The number of rotatable bonds is 3. The first-order valence-electron chi connectivity index (χ1n) is 5.83. The molecule has 2 aromatic rings. The molecule has 1 aromatic heterocycles. The first-order valence-corrected chi connectivity index (χ1v) is 5.83. The number of carbonyl (C=O) groups excluding carboxylic acids is 2. The van der Waals surface area contributed by atoms with E-state index in [9.17, 15) is 18.4 Å². The van der Waals surface area contributed by atoms with Crippen molar-refractivity contribution in [2.45, 2.75) is 13.8 Å². The van der Waals surface area contributed by atoms with Crippen LogP contribution in [-0.4, -0.2) is 11.8 Å². The Bertz CT molecular complexity index is 707. The molecular weight excluding hydrogens is 270 g/mol. The molecule has 0 atom stereocenters. The van der Waals surface area contributed by atoms with Crippen LogP contribution in [0.3, 0.4) is 0 Å². The highest BCUT2D eigenvalue weighted by molar-refractivity contribution is 6.10. The van der Waals surface area contributed by atoms with Crippen LogP contribution in [0, 0.1) is 17.6 Å². The van der Waals surface area contributed by atoms with E-state index in [0.29, 0.717) is 6.07 Å². The van der Waals surface area contributed by atoms with Gasteiger partial charge >= 0.3 is 0 Å². The molecule has 0 aliphatic carbocycles. The van der Waals surface area contributed by atoms with Crippen LogP contribution in [0.2, 0.25) is 0 Å². The van der Waals surface area contributed by atoms with Crippen LogP contribution >= 0.6 is 0 Å². The van der Waals surface area contributed by atoms with E-state index in [1.54, 1.807) is 13.8 Å². The van der Waals surface area contributed by atoms with E-state index in [1.165, 1.54) is 0 Å². The zero-order valence-corrected chi connectivity index (χ0v) is 10.8. The largest absolute Gasteiger partial charge is 0.446 e. The highest BCUT2D eigenvalue weighted by Crippen LogP contribution is 2.33. The van der Waals surface area contributed by atoms with Crippen molar-refractivity contribution >= 4 is 28.5 Å². The maximum absolute atomic E-state index is 13.6. The average Bonchev–Trinajstić information content (AvgIpc) is 2.68. The summed E-state index contributed by atoms with van der Waals surface area (Å²) in [4.78, 5) is 23.0. The Morgan fingerprint density at radius 3 is 2.50 bits per heavy atom. The average molecular weight is 282 g/mol. The number of primary amides is 1. The highest BCUT2D eigenvalue weighted by Gasteiger charge is 2.23. The fourth-order valence-corrected chi connectivity index (χ4v) is 1.69. The van der Waals surface area contributed by atoms with Crippen LogP contribution in [0.4, 0.5) is 14.5 Å². The number of benzene rings is 1. The molecule has 5 nitrogen and oxygen atoms in total. The summed E-state index contributed by atoms with van der Waals surface area (Å²) in [6, 6.07) is 1.58. The molecule has 0 aliphatic heterocycles. The Balaban J connectivity index is 2.68. The molecule has 0 bridgehead atoms. The van der Waals surface area contributed by atoms with Gasteiger partial charge in [0, 0.05) is 12.0 Å². The van der Waals surface area contributed by atoms with Gasteiger partial charge in [0.05, 0.1) is 5.39 Å². The number of nitrogens with two attached hydrogens (primary N) is 1. The summed E-state index contributed by atoms with van der Waals surface area (Å²) in [7, 11) is 0. The zero-order valence-electron chi connectivity index (χ0n) is 10.8. The molecule has 2 rings (SSSR count). The normalized spacial score (nSPS) is 11.1. The minimum absolute atomic E-state index is 0.0506. The molecule has 1 heterocycles. The lowest BCUT2D eigenvalue weighted by molar-refractivity contribution is -0.118. The molecule has 0 fully saturated rings. The summed E-state index contributed by atoms with van der Waals surface area (Å²) in [5.41, 5.74) is 4.66. The zero-order chi connectivity index (χ0) is 15.0. The molecule has 0 aliphatic rings. The maximum atomic E-state index is 13.6. The topological polar surface area (TPSA) is 85.3 Å². The Morgan fingerprint density at radius 1 is 1.30 bits per heavy atom. The Hall–Kier alpha value is -2.44. The molecule has 3 N–H and O–H groups in total. The summed E-state index contributed by atoms with van der Waals surface area (Å²) >= 11 is 0. The Morgan fingerprint density at radius 2 is 1.95 bits per heavy atom. The van der Waals surface area contributed by atoms with E-state index in [0.717, 1.165) is 6.07 Å². The van der Waals surface area contributed by atoms with Gasteiger partial charge in [-0.2, -0.15) is 0 Å². The monoisotopic (exact) mass is 282 g/mol. The van der Waals surface area contributed by atoms with E-state index in [1.807, 2.05) is 0 Å². The lowest BCUT2D eigenvalue weighted by atomic mass is 10.1. The molecule has 1 aromatic carbocycles. The van der Waals surface area contributed by atoms with Gasteiger partial charge < -0.3 is 15.5 Å². The second-order valence-electron chi connectivity index (χ2n) is 4.58. The summed E-state index contributed by atoms with van der Waals surface area (Å²) < 4.78 is 31.9. The molecule has 2 amide bonds. The number of halogens is 2. The van der Waals surface area contributed by atoms with E-state index >= 15 is 0 Å². The highest BCUT2D eigenvalue weighted by atomic mass is 19.1. The van der Waals surface area contributed by atoms with Crippen molar-refractivity contribution in [3.8, 4) is 0 Å². The van der Waals surface area contributed by atoms with E-state index < -0.39 is 29.2 Å². The van der Waals surface area contributed by atoms with E-state index in [2.05, 4.69) is 5.32 Å². The van der Waals surface area contributed by atoms with Gasteiger partial charge in [-0.1, -0.05) is 13.8 Å². The van der Waals surface area contributed by atoms with Crippen molar-refractivity contribution in [3.05, 3.63) is 29.5 Å². The number of hydrogen-bond donors (Lipinski definition) is 2. The lowest BCUT2D eigenvalue weighted by Crippen LogP contribution is -2.20. The summed E-state index contributed by atoms with van der Waals surface area (Å²) in [5, 5.41) is 2.35. The quantitative estimate of drug-likeness (QED) is 0.906. The van der Waals surface area contributed by atoms with Gasteiger partial charge in [-0.05, 0) is 6.07 Å². The third-order valence-corrected chi connectivity index (χ3v) is 2.71. The van der Waals surface area contributed by atoms with Gasteiger partial charge in [-0.15, -0.1) is 0 Å². The van der Waals surface area contributed by atoms with Crippen LogP contribution in [0.15, 0.2) is 16.5 Å². The molecule has 20 heavy (non-hydrogen) atoms. The second kappa shape index (κ2) is 4.92. The van der Waals surface area contributed by atoms with Gasteiger partial charge in [-0.3, -0.25) is 9.59 Å². The predicted octanol–water partition coefficient (Wildman–Crippen LogP) is 2.40. The molecule has 0 saturated heterocycles. The van der Waals surface area contributed by atoms with Gasteiger partial charge in [0.2, 0.25) is 11.7 Å². The maximum Gasteiger partial charge on any atom is 0.286 e. The number of hydrogen-bond acceptors (Lipinski definition) is 3. The van der Waals surface area contributed by atoms with Crippen molar-refractivity contribution < 1.29 is 22.8 Å². The number of furan rings is 1. The molecular formula is C13H12F2N2O3. The molecule has 0 saturated carbocycles. The van der Waals surface area contributed by atoms with Crippen molar-refractivity contribution in [1.82, 2.24) is 0 Å². The number of amides is 2. The number of carbonyl (C=O) groups is 2. The number of anilines is 1. The van der Waals surface area contributed by atoms with E-state index in [-0.39, 0.29) is 22.6 Å². The van der Waals surface area contributed by atoms with Crippen LogP contribution in [0.1, 0.15) is 24.4 Å². The minimum atomic E-state index is -0.986. The summed E-state index contributed by atoms with van der Waals surface area (Å²) in [5.74, 6) is -4.06. The van der Waals surface area contributed by atoms with Crippen LogP contribution in [0.25, 0.3) is 11.0 Å². The van der Waals surface area contributed by atoms with Crippen molar-refractivity contribution in [2.24, 2.45) is 11.7 Å². The Kier molecular flexibility index (Phi) is 3.44. The summed E-state index contributed by atoms with van der Waals surface area (Å²) in [6.45, 7) is 3.26. The van der Waals surface area contributed by atoms with Crippen LogP contribution in [0.5, 0.6) is 0 Å². The third-order valence-electron chi connectivity index (χ3n) is 2.71. The van der Waals surface area contributed by atoms with Crippen LogP contribution in [-0.2, 0) is 4.79 Å².